The van der Waals surface area contributed by atoms with Gasteiger partial charge in [-0.3, -0.25) is 14.4 Å². The molecule has 2 aromatic heterocycles. The topological polar surface area (TPSA) is 88.4 Å². The van der Waals surface area contributed by atoms with Crippen LogP contribution in [-0.2, 0) is 21.4 Å². The maximum Gasteiger partial charge on any atom is 0.243 e. The number of carbonyl (C=O) groups is 1. The molecule has 1 atom stereocenters. The van der Waals surface area contributed by atoms with Gasteiger partial charge in [-0.05, 0) is 55.3 Å². The number of piperidine rings is 1. The van der Waals surface area contributed by atoms with E-state index in [9.17, 15) is 17.6 Å². The number of halogens is 1. The zero-order valence-electron chi connectivity index (χ0n) is 18.8. The minimum atomic E-state index is -3.84. The first kappa shape index (κ1) is 23.6. The van der Waals surface area contributed by atoms with Crippen LogP contribution in [0, 0.1) is 11.7 Å². The number of amides is 1. The molecule has 0 aliphatic carbocycles. The van der Waals surface area contributed by atoms with E-state index < -0.39 is 21.8 Å². The van der Waals surface area contributed by atoms with Crippen LogP contribution in [-0.4, -0.2) is 53.0 Å². The molecule has 1 amide bonds. The summed E-state index contributed by atoms with van der Waals surface area (Å²) in [5.41, 5.74) is 0.813. The van der Waals surface area contributed by atoms with Crippen molar-refractivity contribution in [3.05, 3.63) is 72.8 Å². The summed E-state index contributed by atoms with van der Waals surface area (Å²) >= 11 is 1.44. The molecule has 11 heteroatoms. The first-order valence-electron chi connectivity index (χ1n) is 11.3. The van der Waals surface area contributed by atoms with Crippen LogP contribution >= 0.6 is 11.3 Å². The monoisotopic (exact) mass is 513 g/mol. The first-order chi connectivity index (χ1) is 16.9. The lowest BCUT2D eigenvalue weighted by molar-refractivity contribution is -0.123. The lowest BCUT2D eigenvalue weighted by Crippen LogP contribution is -2.47. The van der Waals surface area contributed by atoms with Crippen molar-refractivity contribution in [2.45, 2.75) is 24.3 Å². The standard InChI is InChI=1S/C24H24FN5O3S2/c25-19-8-10-20(11-9-19)35(32,33)29-14-3-5-18(17-29)23(31)30(16-15-28-13-4-12-26-28)24-27-21-6-1-2-7-22(21)34-24/h1-2,4,6-13,18H,3,5,14-17H2. The summed E-state index contributed by atoms with van der Waals surface area (Å²) in [7, 11) is -3.84. The van der Waals surface area contributed by atoms with Crippen molar-refractivity contribution < 1.29 is 17.6 Å². The molecule has 1 aliphatic rings. The fraction of sp³-hybridized carbons (Fsp3) is 0.292. The molecule has 1 aliphatic heterocycles. The van der Waals surface area contributed by atoms with Gasteiger partial charge >= 0.3 is 0 Å². The van der Waals surface area contributed by atoms with Gasteiger partial charge in [0.05, 0.1) is 27.6 Å². The number of hydrogen-bond acceptors (Lipinski definition) is 6. The minimum absolute atomic E-state index is 0.0220. The van der Waals surface area contributed by atoms with E-state index in [2.05, 4.69) is 10.1 Å². The smallest absolute Gasteiger partial charge is 0.243 e. The van der Waals surface area contributed by atoms with Crippen LogP contribution in [0.25, 0.3) is 10.2 Å². The van der Waals surface area contributed by atoms with Crippen molar-refractivity contribution in [3.8, 4) is 0 Å². The third-order valence-corrected chi connectivity index (χ3v) is 9.01. The van der Waals surface area contributed by atoms with Gasteiger partial charge in [0.2, 0.25) is 15.9 Å². The van der Waals surface area contributed by atoms with Gasteiger partial charge in [-0.1, -0.05) is 23.5 Å². The van der Waals surface area contributed by atoms with Crippen LogP contribution in [0.3, 0.4) is 0 Å². The van der Waals surface area contributed by atoms with E-state index in [1.165, 1.54) is 27.8 Å². The second-order valence-electron chi connectivity index (χ2n) is 8.38. The Morgan fingerprint density at radius 2 is 1.94 bits per heavy atom. The molecule has 0 N–H and O–H groups in total. The SMILES string of the molecule is O=C(C1CCCN(S(=O)(=O)c2ccc(F)cc2)C1)N(CCn1cccn1)c1nc2ccccc2s1. The molecule has 4 aromatic rings. The molecule has 1 unspecified atom stereocenters. The number of aromatic nitrogens is 3. The number of para-hydroxylation sites is 1. The number of hydrogen-bond donors (Lipinski definition) is 0. The highest BCUT2D eigenvalue weighted by Gasteiger charge is 2.36. The predicted molar refractivity (Wildman–Crippen MR) is 132 cm³/mol. The van der Waals surface area contributed by atoms with Gasteiger partial charge in [0.1, 0.15) is 5.82 Å². The van der Waals surface area contributed by atoms with E-state index in [4.69, 9.17) is 0 Å². The van der Waals surface area contributed by atoms with Crippen LogP contribution < -0.4 is 4.90 Å². The second kappa shape index (κ2) is 9.84. The number of benzene rings is 2. The second-order valence-corrected chi connectivity index (χ2v) is 11.3. The highest BCUT2D eigenvalue weighted by Crippen LogP contribution is 2.32. The van der Waals surface area contributed by atoms with E-state index >= 15 is 0 Å². The number of rotatable bonds is 7. The summed E-state index contributed by atoms with van der Waals surface area (Å²) in [5, 5.41) is 4.81. The van der Waals surface area contributed by atoms with Gasteiger partial charge in [0, 0.05) is 32.0 Å². The van der Waals surface area contributed by atoms with Crippen LogP contribution in [0.5, 0.6) is 0 Å². The van der Waals surface area contributed by atoms with Crippen molar-refractivity contribution in [3.63, 3.8) is 0 Å². The van der Waals surface area contributed by atoms with Crippen molar-refractivity contribution in [1.82, 2.24) is 19.1 Å². The van der Waals surface area contributed by atoms with Crippen LogP contribution in [0.2, 0.25) is 0 Å². The minimum Gasteiger partial charge on any atom is -0.286 e. The van der Waals surface area contributed by atoms with E-state index in [1.54, 1.807) is 15.8 Å². The molecule has 5 rings (SSSR count). The lowest BCUT2D eigenvalue weighted by Gasteiger charge is -2.33. The highest BCUT2D eigenvalue weighted by atomic mass is 32.2. The molecule has 3 heterocycles. The summed E-state index contributed by atoms with van der Waals surface area (Å²) in [5.74, 6) is -1.17. The Kier molecular flexibility index (Phi) is 6.63. The summed E-state index contributed by atoms with van der Waals surface area (Å²) in [6, 6.07) is 14.3. The lowest BCUT2D eigenvalue weighted by atomic mass is 9.98. The van der Waals surface area contributed by atoms with Gasteiger partial charge in [-0.15, -0.1) is 0 Å². The quantitative estimate of drug-likeness (QED) is 0.375. The molecular weight excluding hydrogens is 489 g/mol. The van der Waals surface area contributed by atoms with Crippen LogP contribution in [0.1, 0.15) is 12.8 Å². The molecule has 8 nitrogen and oxygen atoms in total. The Morgan fingerprint density at radius 3 is 2.69 bits per heavy atom. The molecule has 0 radical (unpaired) electrons. The molecule has 0 bridgehead atoms. The Hall–Kier alpha value is -3.15. The molecule has 182 valence electrons. The Labute approximate surface area is 206 Å². The molecule has 1 saturated heterocycles. The van der Waals surface area contributed by atoms with Crippen molar-refractivity contribution in [2.75, 3.05) is 24.5 Å². The van der Waals surface area contributed by atoms with Crippen LogP contribution in [0.15, 0.2) is 71.9 Å². The summed E-state index contributed by atoms with van der Waals surface area (Å²) in [6.45, 7) is 1.24. The predicted octanol–water partition coefficient (Wildman–Crippen LogP) is 3.77. The Balaban J connectivity index is 1.40. The molecule has 0 spiro atoms. The Bertz CT molecular complexity index is 1390. The van der Waals surface area contributed by atoms with Gasteiger partial charge in [-0.25, -0.2) is 17.8 Å². The molecule has 2 aromatic carbocycles. The number of nitrogens with zero attached hydrogens (tertiary/aromatic N) is 5. The maximum absolute atomic E-state index is 13.8. The van der Waals surface area contributed by atoms with Crippen molar-refractivity contribution in [2.24, 2.45) is 5.92 Å². The average Bonchev–Trinajstić information content (AvgIpc) is 3.54. The number of sulfonamides is 1. The Morgan fingerprint density at radius 1 is 1.14 bits per heavy atom. The van der Waals surface area contributed by atoms with Crippen molar-refractivity contribution >= 4 is 42.6 Å². The third-order valence-electron chi connectivity index (χ3n) is 6.08. The maximum atomic E-state index is 13.8. The fourth-order valence-corrected chi connectivity index (χ4v) is 6.77. The molecular formula is C24H24FN5O3S2. The van der Waals surface area contributed by atoms with Gasteiger partial charge in [0.25, 0.3) is 0 Å². The number of fused-ring (bicyclic) bond motifs is 1. The van der Waals surface area contributed by atoms with Gasteiger partial charge in [-0.2, -0.15) is 9.40 Å². The van der Waals surface area contributed by atoms with Gasteiger partial charge in [0.15, 0.2) is 5.13 Å². The van der Waals surface area contributed by atoms with E-state index in [1.807, 2.05) is 36.5 Å². The first-order valence-corrected chi connectivity index (χ1v) is 13.6. The number of thiazole rings is 1. The van der Waals surface area contributed by atoms with E-state index in [-0.39, 0.29) is 17.3 Å². The number of carbonyl (C=O) groups excluding carboxylic acids is 1. The zero-order valence-corrected chi connectivity index (χ0v) is 20.5. The summed E-state index contributed by atoms with van der Waals surface area (Å²) < 4.78 is 43.7. The fourth-order valence-electron chi connectivity index (χ4n) is 4.25. The van der Waals surface area contributed by atoms with Crippen molar-refractivity contribution in [1.29, 1.82) is 0 Å². The van der Waals surface area contributed by atoms with E-state index in [0.29, 0.717) is 37.6 Å². The van der Waals surface area contributed by atoms with Gasteiger partial charge < -0.3 is 0 Å². The normalized spacial score (nSPS) is 17.0. The zero-order chi connectivity index (χ0) is 24.4. The third kappa shape index (κ3) is 4.97. The molecule has 0 saturated carbocycles. The molecule has 35 heavy (non-hydrogen) atoms. The summed E-state index contributed by atoms with van der Waals surface area (Å²) in [6.07, 6.45) is 4.66. The molecule has 1 fully saturated rings. The summed E-state index contributed by atoms with van der Waals surface area (Å²) in [4.78, 5) is 20.1. The highest BCUT2D eigenvalue weighted by molar-refractivity contribution is 7.89. The number of anilines is 1. The van der Waals surface area contributed by atoms with E-state index in [0.717, 1.165) is 22.3 Å². The average molecular weight is 514 g/mol. The largest absolute Gasteiger partial charge is 0.286 e. The van der Waals surface area contributed by atoms with Crippen LogP contribution in [0.4, 0.5) is 9.52 Å².